The van der Waals surface area contributed by atoms with Gasteiger partial charge in [-0.25, -0.2) is 0 Å². The second kappa shape index (κ2) is 7.28. The van der Waals surface area contributed by atoms with Gasteiger partial charge in [-0.1, -0.05) is 53.7 Å². The number of phenolic OH excluding ortho intramolecular Hbond substituents is 1. The van der Waals surface area contributed by atoms with Crippen LogP contribution in [0, 0.1) is 0 Å². The van der Waals surface area contributed by atoms with E-state index in [4.69, 9.17) is 9.47 Å². The van der Waals surface area contributed by atoms with E-state index in [2.05, 4.69) is 59.0 Å². The Balaban J connectivity index is 1.80. The monoisotopic (exact) mass is 447 g/mol. The van der Waals surface area contributed by atoms with Crippen molar-refractivity contribution in [3.05, 3.63) is 57.8 Å². The first-order chi connectivity index (χ1) is 15.4. The number of ether oxygens (including phenoxy) is 2. The number of benzene rings is 2. The number of ketones is 1. The minimum absolute atomic E-state index is 0.194. The number of carbonyl (C=O) groups is 1. The molecule has 1 atom stereocenters. The molecule has 2 heterocycles. The Morgan fingerprint density at radius 2 is 1.52 bits per heavy atom. The van der Waals surface area contributed by atoms with Crippen molar-refractivity contribution in [3.8, 4) is 17.2 Å². The van der Waals surface area contributed by atoms with E-state index in [-0.39, 0.29) is 29.3 Å². The molecule has 0 radical (unpaired) electrons. The Labute approximate surface area is 195 Å². The minimum atomic E-state index is -0.251. The lowest BCUT2D eigenvalue weighted by molar-refractivity contribution is -0.116. The Bertz CT molecular complexity index is 1160. The molecule has 0 aromatic heterocycles. The second-order valence-electron chi connectivity index (χ2n) is 11.5. The fraction of sp³-hybridized carbons (Fsp3) is 0.464. The van der Waals surface area contributed by atoms with Gasteiger partial charge in [0.25, 0.3) is 0 Å². The third-order valence-electron chi connectivity index (χ3n) is 6.97. The number of anilines is 1. The quantitative estimate of drug-likeness (QED) is 0.538. The van der Waals surface area contributed by atoms with Crippen molar-refractivity contribution in [1.29, 1.82) is 0 Å². The molecule has 3 aliphatic rings. The lowest BCUT2D eigenvalue weighted by Gasteiger charge is -2.36. The van der Waals surface area contributed by atoms with Crippen molar-refractivity contribution in [1.82, 2.24) is 0 Å². The van der Waals surface area contributed by atoms with Gasteiger partial charge in [0.2, 0.25) is 6.79 Å². The molecule has 5 nitrogen and oxygen atoms in total. The number of Topliss-reactive ketones (excluding diaryl/α,β-unsaturated/α-hetero) is 1. The summed E-state index contributed by atoms with van der Waals surface area (Å²) in [6.45, 7) is 12.9. The van der Waals surface area contributed by atoms with E-state index in [9.17, 15) is 9.90 Å². The molecule has 2 aromatic rings. The number of aromatic hydroxyl groups is 1. The van der Waals surface area contributed by atoms with Crippen LogP contribution in [-0.4, -0.2) is 17.7 Å². The van der Waals surface area contributed by atoms with Gasteiger partial charge in [-0.2, -0.15) is 0 Å². The highest BCUT2D eigenvalue weighted by atomic mass is 16.7. The van der Waals surface area contributed by atoms with Crippen molar-refractivity contribution in [2.75, 3.05) is 12.1 Å². The first-order valence-electron chi connectivity index (χ1n) is 11.8. The molecule has 0 fully saturated rings. The molecular weight excluding hydrogens is 414 g/mol. The number of hydrogen-bond acceptors (Lipinski definition) is 5. The molecule has 2 aromatic carbocycles. The van der Waals surface area contributed by atoms with Gasteiger partial charge in [0.1, 0.15) is 5.75 Å². The molecular formula is C28H33NO4. The molecule has 5 heteroatoms. The maximum Gasteiger partial charge on any atom is 0.231 e. The molecule has 0 bridgehead atoms. The SMILES string of the molecule is CC(C)(C)c1cc([C@H]2C3=C(CCCC3=O)Nc3cc4c(cc32)OCO4)cc(C(C)(C)C)c1O. The van der Waals surface area contributed by atoms with Crippen LogP contribution in [0.5, 0.6) is 17.2 Å². The van der Waals surface area contributed by atoms with Crippen molar-refractivity contribution in [3.63, 3.8) is 0 Å². The topological polar surface area (TPSA) is 67.8 Å². The van der Waals surface area contributed by atoms with Gasteiger partial charge in [-0.05, 0) is 52.0 Å². The van der Waals surface area contributed by atoms with E-state index in [1.807, 2.05) is 12.1 Å². The Hall–Kier alpha value is -2.95. The summed E-state index contributed by atoms with van der Waals surface area (Å²) in [7, 11) is 0. The highest BCUT2D eigenvalue weighted by Gasteiger charge is 2.38. The standard InChI is InChI=1S/C28H33NO4/c1-27(2,3)17-10-15(11-18(26(17)31)28(4,5)6)24-16-12-22-23(33-14-32-22)13-20(16)29-19-8-7-9-21(30)25(19)24/h10-13,24,29,31H,7-9,14H2,1-6H3/t24-/m1/s1. The Morgan fingerprint density at radius 3 is 2.12 bits per heavy atom. The van der Waals surface area contributed by atoms with Crippen LogP contribution >= 0.6 is 0 Å². The van der Waals surface area contributed by atoms with E-state index in [0.717, 1.165) is 57.8 Å². The van der Waals surface area contributed by atoms with E-state index >= 15 is 0 Å². The fourth-order valence-corrected chi connectivity index (χ4v) is 5.26. The van der Waals surface area contributed by atoms with Gasteiger partial charge in [-0.3, -0.25) is 4.79 Å². The average molecular weight is 448 g/mol. The largest absolute Gasteiger partial charge is 0.507 e. The van der Waals surface area contributed by atoms with Crippen LogP contribution in [0.2, 0.25) is 0 Å². The highest BCUT2D eigenvalue weighted by molar-refractivity contribution is 6.01. The maximum absolute atomic E-state index is 13.3. The van der Waals surface area contributed by atoms with Crippen LogP contribution in [0.25, 0.3) is 0 Å². The molecule has 0 saturated carbocycles. The molecule has 33 heavy (non-hydrogen) atoms. The first kappa shape index (κ1) is 21.9. The minimum Gasteiger partial charge on any atom is -0.507 e. The van der Waals surface area contributed by atoms with Crippen LogP contribution < -0.4 is 14.8 Å². The smallest absolute Gasteiger partial charge is 0.231 e. The van der Waals surface area contributed by atoms with Gasteiger partial charge in [0.05, 0.1) is 0 Å². The van der Waals surface area contributed by atoms with Gasteiger partial charge in [0, 0.05) is 35.4 Å². The molecule has 2 aliphatic heterocycles. The molecule has 174 valence electrons. The van der Waals surface area contributed by atoms with E-state index in [0.29, 0.717) is 17.9 Å². The van der Waals surface area contributed by atoms with Crippen molar-refractivity contribution >= 4 is 11.5 Å². The molecule has 5 rings (SSSR count). The van der Waals surface area contributed by atoms with Gasteiger partial charge in [-0.15, -0.1) is 0 Å². The molecule has 1 aliphatic carbocycles. The number of fused-ring (bicyclic) bond motifs is 2. The lowest BCUT2D eigenvalue weighted by Crippen LogP contribution is -2.27. The zero-order valence-corrected chi connectivity index (χ0v) is 20.4. The summed E-state index contributed by atoms with van der Waals surface area (Å²) in [5.41, 5.74) is 6.15. The first-order valence-corrected chi connectivity index (χ1v) is 11.8. The number of rotatable bonds is 1. The fourth-order valence-electron chi connectivity index (χ4n) is 5.26. The summed E-state index contributed by atoms with van der Waals surface area (Å²) in [6.07, 6.45) is 2.27. The van der Waals surface area contributed by atoms with Crippen LogP contribution in [0.15, 0.2) is 35.5 Å². The maximum atomic E-state index is 13.3. The Morgan fingerprint density at radius 1 is 0.909 bits per heavy atom. The summed E-state index contributed by atoms with van der Waals surface area (Å²) >= 11 is 0. The lowest BCUT2D eigenvalue weighted by atomic mass is 9.71. The summed E-state index contributed by atoms with van der Waals surface area (Å²) in [5, 5.41) is 14.8. The summed E-state index contributed by atoms with van der Waals surface area (Å²) in [5.74, 6) is 1.75. The summed E-state index contributed by atoms with van der Waals surface area (Å²) in [4.78, 5) is 13.3. The van der Waals surface area contributed by atoms with Gasteiger partial charge >= 0.3 is 0 Å². The number of carbonyl (C=O) groups excluding carboxylic acids is 1. The predicted octanol–water partition coefficient (Wildman–Crippen LogP) is 6.28. The van der Waals surface area contributed by atoms with Crippen LogP contribution in [-0.2, 0) is 15.6 Å². The zero-order chi connectivity index (χ0) is 23.7. The van der Waals surface area contributed by atoms with Gasteiger partial charge in [0.15, 0.2) is 17.3 Å². The van der Waals surface area contributed by atoms with Crippen molar-refractivity contribution in [2.24, 2.45) is 0 Å². The highest BCUT2D eigenvalue weighted by Crippen LogP contribution is 2.51. The number of hydrogen-bond donors (Lipinski definition) is 2. The predicted molar refractivity (Wildman–Crippen MR) is 129 cm³/mol. The third kappa shape index (κ3) is 3.58. The zero-order valence-electron chi connectivity index (χ0n) is 20.4. The van der Waals surface area contributed by atoms with Crippen LogP contribution in [0.3, 0.4) is 0 Å². The van der Waals surface area contributed by atoms with E-state index < -0.39 is 0 Å². The van der Waals surface area contributed by atoms with Crippen molar-refractivity contribution < 1.29 is 19.4 Å². The van der Waals surface area contributed by atoms with E-state index in [1.165, 1.54) is 0 Å². The molecule has 0 saturated heterocycles. The summed E-state index contributed by atoms with van der Waals surface area (Å²) in [6, 6.07) is 8.20. The third-order valence-corrected chi connectivity index (χ3v) is 6.97. The normalized spacial score (nSPS) is 19.8. The average Bonchev–Trinajstić information content (AvgIpc) is 3.17. The second-order valence-corrected chi connectivity index (χ2v) is 11.5. The van der Waals surface area contributed by atoms with Crippen LogP contribution in [0.4, 0.5) is 5.69 Å². The number of nitrogens with one attached hydrogen (secondary N) is 1. The molecule has 0 amide bonds. The molecule has 0 spiro atoms. The Kier molecular flexibility index (Phi) is 4.82. The van der Waals surface area contributed by atoms with E-state index in [1.54, 1.807) is 0 Å². The number of allylic oxidation sites excluding steroid dienone is 2. The number of phenols is 1. The van der Waals surface area contributed by atoms with Gasteiger partial charge < -0.3 is 19.9 Å². The van der Waals surface area contributed by atoms with Crippen LogP contribution in [0.1, 0.15) is 89.0 Å². The van der Waals surface area contributed by atoms with Crippen molar-refractivity contribution in [2.45, 2.75) is 77.6 Å². The molecule has 2 N–H and O–H groups in total. The summed E-state index contributed by atoms with van der Waals surface area (Å²) < 4.78 is 11.3. The molecule has 0 unspecified atom stereocenters.